The molecule has 28 heavy (non-hydrogen) atoms. The fourth-order valence-electron chi connectivity index (χ4n) is 2.23. The Labute approximate surface area is 171 Å². The van der Waals surface area contributed by atoms with Gasteiger partial charge >= 0.3 is 5.97 Å². The van der Waals surface area contributed by atoms with Crippen molar-refractivity contribution >= 4 is 39.4 Å². The molecule has 2 aromatic carbocycles. The standard InChI is InChI=1S/C20H21BrN2O5/c1-13-4-3-5-16(8-13)27-12-20(26)28-11-19(25)22-10-18(24)23-17-7-6-15(21)9-14(17)2/h3-9H,10-12H2,1-2H3,(H,22,25)(H,23,24). The first-order valence-corrected chi connectivity index (χ1v) is 9.30. The number of benzene rings is 2. The van der Waals surface area contributed by atoms with Crippen LogP contribution in [0.15, 0.2) is 46.9 Å². The van der Waals surface area contributed by atoms with Crippen LogP contribution in [0.5, 0.6) is 5.75 Å². The predicted octanol–water partition coefficient (Wildman–Crippen LogP) is 2.74. The number of carbonyl (C=O) groups is 3. The summed E-state index contributed by atoms with van der Waals surface area (Å²) in [5.41, 5.74) is 2.54. The van der Waals surface area contributed by atoms with Gasteiger partial charge in [-0.2, -0.15) is 0 Å². The lowest BCUT2D eigenvalue weighted by Crippen LogP contribution is -2.36. The average molecular weight is 449 g/mol. The molecule has 0 unspecified atom stereocenters. The first kappa shape index (κ1) is 21.4. The molecule has 0 atom stereocenters. The number of hydrogen-bond donors (Lipinski definition) is 2. The second-order valence-corrected chi connectivity index (χ2v) is 6.97. The number of ether oxygens (including phenoxy) is 2. The zero-order valence-corrected chi connectivity index (χ0v) is 17.2. The summed E-state index contributed by atoms with van der Waals surface area (Å²) < 4.78 is 11.0. The van der Waals surface area contributed by atoms with Crippen LogP contribution in [-0.2, 0) is 19.1 Å². The van der Waals surface area contributed by atoms with E-state index >= 15 is 0 Å². The molecule has 0 aliphatic rings. The van der Waals surface area contributed by atoms with Crippen molar-refractivity contribution in [3.05, 3.63) is 58.1 Å². The number of rotatable bonds is 8. The summed E-state index contributed by atoms with van der Waals surface area (Å²) >= 11 is 3.35. The Kier molecular flexibility index (Phi) is 8.01. The van der Waals surface area contributed by atoms with Gasteiger partial charge in [0.05, 0.1) is 6.54 Å². The lowest BCUT2D eigenvalue weighted by molar-refractivity contribution is -0.150. The Morgan fingerprint density at radius 1 is 1.00 bits per heavy atom. The summed E-state index contributed by atoms with van der Waals surface area (Å²) in [5.74, 6) is -1.09. The summed E-state index contributed by atoms with van der Waals surface area (Å²) in [6, 6.07) is 12.7. The van der Waals surface area contributed by atoms with E-state index in [0.717, 1.165) is 15.6 Å². The smallest absolute Gasteiger partial charge is 0.344 e. The highest BCUT2D eigenvalue weighted by Gasteiger charge is 2.11. The molecular formula is C20H21BrN2O5. The van der Waals surface area contributed by atoms with Crippen LogP contribution in [0.2, 0.25) is 0 Å². The second-order valence-electron chi connectivity index (χ2n) is 6.05. The minimum Gasteiger partial charge on any atom is -0.482 e. The maximum Gasteiger partial charge on any atom is 0.344 e. The number of aryl methyl sites for hydroxylation is 2. The van der Waals surface area contributed by atoms with E-state index in [-0.39, 0.29) is 19.1 Å². The molecule has 0 spiro atoms. The van der Waals surface area contributed by atoms with Gasteiger partial charge in [0, 0.05) is 10.2 Å². The minimum atomic E-state index is -0.674. The van der Waals surface area contributed by atoms with Crippen molar-refractivity contribution in [1.29, 1.82) is 0 Å². The molecule has 0 aliphatic heterocycles. The van der Waals surface area contributed by atoms with Crippen molar-refractivity contribution in [2.75, 3.05) is 25.1 Å². The number of hydrogen-bond acceptors (Lipinski definition) is 5. The van der Waals surface area contributed by atoms with E-state index in [0.29, 0.717) is 11.4 Å². The topological polar surface area (TPSA) is 93.7 Å². The van der Waals surface area contributed by atoms with Gasteiger partial charge < -0.3 is 20.1 Å². The van der Waals surface area contributed by atoms with Gasteiger partial charge in [-0.15, -0.1) is 0 Å². The number of esters is 1. The summed E-state index contributed by atoms with van der Waals surface area (Å²) in [4.78, 5) is 35.3. The van der Waals surface area contributed by atoms with Gasteiger partial charge in [-0.25, -0.2) is 4.79 Å². The Bertz CT molecular complexity index is 869. The molecule has 2 N–H and O–H groups in total. The van der Waals surface area contributed by atoms with E-state index in [9.17, 15) is 14.4 Å². The lowest BCUT2D eigenvalue weighted by Gasteiger charge is -2.10. The summed E-state index contributed by atoms with van der Waals surface area (Å²) in [5, 5.41) is 5.09. The molecule has 0 aromatic heterocycles. The van der Waals surface area contributed by atoms with E-state index in [1.165, 1.54) is 0 Å². The van der Waals surface area contributed by atoms with Gasteiger partial charge in [-0.05, 0) is 55.3 Å². The Hall–Kier alpha value is -2.87. The molecule has 0 bridgehead atoms. The van der Waals surface area contributed by atoms with Crippen LogP contribution in [-0.4, -0.2) is 37.5 Å². The van der Waals surface area contributed by atoms with Crippen molar-refractivity contribution in [2.45, 2.75) is 13.8 Å². The quantitative estimate of drug-likeness (QED) is 0.605. The number of halogens is 1. The minimum absolute atomic E-state index is 0.230. The monoisotopic (exact) mass is 448 g/mol. The van der Waals surface area contributed by atoms with Crippen LogP contribution in [0.3, 0.4) is 0 Å². The highest BCUT2D eigenvalue weighted by molar-refractivity contribution is 9.10. The fraction of sp³-hybridized carbons (Fsp3) is 0.250. The van der Waals surface area contributed by atoms with Gasteiger partial charge in [0.1, 0.15) is 5.75 Å². The van der Waals surface area contributed by atoms with Gasteiger partial charge in [-0.1, -0.05) is 28.1 Å². The number of nitrogens with one attached hydrogen (secondary N) is 2. The third-order valence-electron chi connectivity index (χ3n) is 3.62. The van der Waals surface area contributed by atoms with Gasteiger partial charge in [0.15, 0.2) is 13.2 Å². The molecule has 0 fully saturated rings. The molecule has 0 saturated carbocycles. The normalized spacial score (nSPS) is 10.1. The van der Waals surface area contributed by atoms with E-state index in [1.54, 1.807) is 24.3 Å². The van der Waals surface area contributed by atoms with E-state index < -0.39 is 18.5 Å². The Balaban J connectivity index is 1.66. The van der Waals surface area contributed by atoms with E-state index in [1.807, 2.05) is 32.0 Å². The zero-order valence-electron chi connectivity index (χ0n) is 15.6. The number of anilines is 1. The molecule has 0 saturated heterocycles. The maximum absolute atomic E-state index is 11.9. The van der Waals surface area contributed by atoms with Crippen LogP contribution in [0.4, 0.5) is 5.69 Å². The molecule has 2 rings (SSSR count). The summed E-state index contributed by atoms with van der Waals surface area (Å²) in [6.45, 7) is 2.74. The summed E-state index contributed by atoms with van der Waals surface area (Å²) in [6.07, 6.45) is 0. The average Bonchev–Trinajstić information content (AvgIpc) is 2.65. The van der Waals surface area contributed by atoms with Crippen molar-refractivity contribution in [3.63, 3.8) is 0 Å². The first-order valence-electron chi connectivity index (χ1n) is 8.51. The highest BCUT2D eigenvalue weighted by Crippen LogP contribution is 2.19. The Morgan fingerprint density at radius 3 is 2.50 bits per heavy atom. The SMILES string of the molecule is Cc1cccc(OCC(=O)OCC(=O)NCC(=O)Nc2ccc(Br)cc2C)c1. The lowest BCUT2D eigenvalue weighted by atomic mass is 10.2. The Morgan fingerprint density at radius 2 is 1.79 bits per heavy atom. The van der Waals surface area contributed by atoms with Gasteiger partial charge in [0.2, 0.25) is 5.91 Å². The molecule has 0 radical (unpaired) electrons. The molecule has 2 aromatic rings. The predicted molar refractivity (Wildman–Crippen MR) is 108 cm³/mol. The van der Waals surface area contributed by atoms with Crippen LogP contribution >= 0.6 is 15.9 Å². The van der Waals surface area contributed by atoms with Crippen LogP contribution in [0.1, 0.15) is 11.1 Å². The first-order chi connectivity index (χ1) is 13.3. The third kappa shape index (κ3) is 7.40. The molecule has 148 valence electrons. The van der Waals surface area contributed by atoms with Gasteiger partial charge in [-0.3, -0.25) is 9.59 Å². The second kappa shape index (κ2) is 10.5. The molecule has 7 nitrogen and oxygen atoms in total. The van der Waals surface area contributed by atoms with Crippen LogP contribution in [0, 0.1) is 13.8 Å². The number of amides is 2. The van der Waals surface area contributed by atoms with Crippen molar-refractivity contribution in [3.8, 4) is 5.75 Å². The maximum atomic E-state index is 11.9. The molecule has 2 amide bonds. The zero-order chi connectivity index (χ0) is 20.5. The highest BCUT2D eigenvalue weighted by atomic mass is 79.9. The number of carbonyl (C=O) groups excluding carboxylic acids is 3. The molecule has 0 heterocycles. The van der Waals surface area contributed by atoms with E-state index in [4.69, 9.17) is 9.47 Å². The fourth-order valence-corrected chi connectivity index (χ4v) is 2.70. The van der Waals surface area contributed by atoms with Crippen LogP contribution < -0.4 is 15.4 Å². The van der Waals surface area contributed by atoms with Crippen LogP contribution in [0.25, 0.3) is 0 Å². The molecule has 0 aliphatic carbocycles. The van der Waals surface area contributed by atoms with E-state index in [2.05, 4.69) is 26.6 Å². The van der Waals surface area contributed by atoms with Crippen molar-refractivity contribution in [2.24, 2.45) is 0 Å². The van der Waals surface area contributed by atoms with Gasteiger partial charge in [0.25, 0.3) is 5.91 Å². The molecular weight excluding hydrogens is 428 g/mol. The third-order valence-corrected chi connectivity index (χ3v) is 4.11. The van der Waals surface area contributed by atoms with Crippen molar-refractivity contribution < 1.29 is 23.9 Å². The molecule has 8 heteroatoms. The largest absolute Gasteiger partial charge is 0.482 e. The van der Waals surface area contributed by atoms with Crippen molar-refractivity contribution in [1.82, 2.24) is 5.32 Å². The summed E-state index contributed by atoms with van der Waals surface area (Å²) in [7, 11) is 0.